The molecule has 3 rings (SSSR count). The summed E-state index contributed by atoms with van der Waals surface area (Å²) in [7, 11) is 0. The highest BCUT2D eigenvalue weighted by Crippen LogP contribution is 2.55. The van der Waals surface area contributed by atoms with Gasteiger partial charge in [0, 0.05) is 18.3 Å². The van der Waals surface area contributed by atoms with Gasteiger partial charge in [-0.2, -0.15) is 0 Å². The Morgan fingerprint density at radius 2 is 1.84 bits per heavy atom. The van der Waals surface area contributed by atoms with Crippen molar-refractivity contribution in [1.82, 2.24) is 4.98 Å². The van der Waals surface area contributed by atoms with E-state index in [1.54, 1.807) is 0 Å². The third-order valence-corrected chi connectivity index (χ3v) is 4.57. The van der Waals surface area contributed by atoms with E-state index in [0.29, 0.717) is 0 Å². The molecule has 1 aliphatic heterocycles. The highest BCUT2D eigenvalue weighted by molar-refractivity contribution is 5.57. The Hall–Kier alpha value is -1.05. The molecule has 1 aromatic heterocycles. The molecule has 0 saturated heterocycles. The topological polar surface area (TPSA) is 16.1 Å². The van der Waals surface area contributed by atoms with Crippen LogP contribution >= 0.6 is 0 Å². The van der Waals surface area contributed by atoms with Crippen molar-refractivity contribution in [2.24, 2.45) is 5.92 Å². The monoisotopic (exact) mass is 258 g/mol. The lowest BCUT2D eigenvalue weighted by atomic mass is 9.86. The normalized spacial score (nSPS) is 25.9. The Balaban J connectivity index is 2.07. The molecule has 104 valence electrons. The lowest BCUT2D eigenvalue weighted by Crippen LogP contribution is -2.45. The Kier molecular flexibility index (Phi) is 2.55. The Morgan fingerprint density at radius 1 is 1.16 bits per heavy atom. The van der Waals surface area contributed by atoms with Gasteiger partial charge in [0.2, 0.25) is 0 Å². The summed E-state index contributed by atoms with van der Waals surface area (Å²) in [5, 5.41) is 0. The SMILES string of the molecule is CC(C)(C)c1cnc2c(c1)[C@H]1C[C@H]1CN2C(C)(C)C. The fourth-order valence-electron chi connectivity index (χ4n) is 3.13. The van der Waals surface area contributed by atoms with Crippen LogP contribution in [0.15, 0.2) is 12.3 Å². The molecule has 0 spiro atoms. The zero-order valence-electron chi connectivity index (χ0n) is 13.1. The number of pyridine rings is 1. The Labute approximate surface area is 117 Å². The average Bonchev–Trinajstić information content (AvgIpc) is 3.03. The van der Waals surface area contributed by atoms with E-state index in [4.69, 9.17) is 4.98 Å². The fourth-order valence-corrected chi connectivity index (χ4v) is 3.13. The molecule has 19 heavy (non-hydrogen) atoms. The number of aromatic nitrogens is 1. The van der Waals surface area contributed by atoms with Crippen molar-refractivity contribution >= 4 is 5.82 Å². The second kappa shape index (κ2) is 3.74. The number of rotatable bonds is 0. The van der Waals surface area contributed by atoms with Crippen LogP contribution in [0, 0.1) is 5.92 Å². The van der Waals surface area contributed by atoms with E-state index in [1.807, 2.05) is 0 Å². The summed E-state index contributed by atoms with van der Waals surface area (Å²) >= 11 is 0. The van der Waals surface area contributed by atoms with E-state index in [1.165, 1.54) is 29.9 Å². The molecule has 0 amide bonds. The van der Waals surface area contributed by atoms with E-state index in [0.717, 1.165) is 11.8 Å². The number of anilines is 1. The first kappa shape index (κ1) is 13.0. The van der Waals surface area contributed by atoms with Gasteiger partial charge in [-0.15, -0.1) is 0 Å². The molecule has 2 heteroatoms. The quantitative estimate of drug-likeness (QED) is 0.696. The summed E-state index contributed by atoms with van der Waals surface area (Å²) in [5.74, 6) is 2.88. The van der Waals surface area contributed by atoms with Crippen molar-refractivity contribution in [2.75, 3.05) is 11.4 Å². The van der Waals surface area contributed by atoms with Gasteiger partial charge < -0.3 is 4.90 Å². The predicted octanol–water partition coefficient (Wildman–Crippen LogP) is 4.10. The molecule has 1 fully saturated rings. The molecule has 0 bridgehead atoms. The van der Waals surface area contributed by atoms with Crippen LogP contribution in [-0.2, 0) is 5.41 Å². The predicted molar refractivity (Wildman–Crippen MR) is 80.9 cm³/mol. The van der Waals surface area contributed by atoms with E-state index >= 15 is 0 Å². The van der Waals surface area contributed by atoms with E-state index in [2.05, 4.69) is 58.7 Å². The van der Waals surface area contributed by atoms with E-state index in [-0.39, 0.29) is 11.0 Å². The Morgan fingerprint density at radius 3 is 2.42 bits per heavy atom. The smallest absolute Gasteiger partial charge is 0.132 e. The van der Waals surface area contributed by atoms with Crippen LogP contribution in [0.2, 0.25) is 0 Å². The fraction of sp³-hybridized carbons (Fsp3) is 0.706. The van der Waals surface area contributed by atoms with Gasteiger partial charge >= 0.3 is 0 Å². The standard InChI is InChI=1S/C17H26N2/c1-16(2,3)12-8-14-13-7-11(13)10-19(17(4,5)6)15(14)18-9-12/h8-9,11,13H,7,10H2,1-6H3/t11-,13-/m0/s1. The minimum Gasteiger partial charge on any atom is -0.351 e. The van der Waals surface area contributed by atoms with Crippen LogP contribution in [0.1, 0.15) is 65.0 Å². The number of nitrogens with zero attached hydrogens (tertiary/aromatic N) is 2. The van der Waals surface area contributed by atoms with Crippen LogP contribution in [0.25, 0.3) is 0 Å². The van der Waals surface area contributed by atoms with Crippen molar-refractivity contribution in [1.29, 1.82) is 0 Å². The lowest BCUT2D eigenvalue weighted by Gasteiger charge is -2.40. The minimum absolute atomic E-state index is 0.165. The summed E-state index contributed by atoms with van der Waals surface area (Å²) in [4.78, 5) is 7.34. The molecule has 2 atom stereocenters. The van der Waals surface area contributed by atoms with Crippen molar-refractivity contribution < 1.29 is 0 Å². The van der Waals surface area contributed by atoms with Crippen LogP contribution < -0.4 is 4.90 Å². The molecule has 1 saturated carbocycles. The first-order valence-electron chi connectivity index (χ1n) is 7.46. The number of hydrogen-bond acceptors (Lipinski definition) is 2. The summed E-state index contributed by atoms with van der Waals surface area (Å²) in [5.41, 5.74) is 3.22. The molecule has 2 heterocycles. The third kappa shape index (κ3) is 2.15. The maximum atomic E-state index is 4.84. The van der Waals surface area contributed by atoms with Gasteiger partial charge in [0.15, 0.2) is 0 Å². The van der Waals surface area contributed by atoms with Gasteiger partial charge in [0.1, 0.15) is 5.82 Å². The first-order chi connectivity index (χ1) is 8.68. The average molecular weight is 258 g/mol. The summed E-state index contributed by atoms with van der Waals surface area (Å²) in [6.07, 6.45) is 3.44. The van der Waals surface area contributed by atoms with E-state index in [9.17, 15) is 0 Å². The minimum atomic E-state index is 0.165. The molecular weight excluding hydrogens is 232 g/mol. The number of fused-ring (bicyclic) bond motifs is 3. The Bertz CT molecular complexity index is 505. The molecule has 2 aliphatic rings. The first-order valence-corrected chi connectivity index (χ1v) is 7.46. The zero-order chi connectivity index (χ0) is 14.0. The zero-order valence-corrected chi connectivity index (χ0v) is 13.1. The van der Waals surface area contributed by atoms with Crippen LogP contribution in [-0.4, -0.2) is 17.1 Å². The van der Waals surface area contributed by atoms with Crippen molar-refractivity contribution in [2.45, 2.75) is 64.8 Å². The van der Waals surface area contributed by atoms with Gasteiger partial charge in [-0.25, -0.2) is 4.98 Å². The lowest BCUT2D eigenvalue weighted by molar-refractivity contribution is 0.471. The van der Waals surface area contributed by atoms with Gasteiger partial charge in [0.05, 0.1) is 0 Å². The second-order valence-corrected chi connectivity index (χ2v) is 8.27. The summed E-state index contributed by atoms with van der Waals surface area (Å²) in [6, 6.07) is 2.42. The molecule has 0 unspecified atom stereocenters. The second-order valence-electron chi connectivity index (χ2n) is 8.27. The molecule has 0 N–H and O–H groups in total. The molecule has 1 aromatic rings. The summed E-state index contributed by atoms with van der Waals surface area (Å²) in [6.45, 7) is 14.9. The highest BCUT2D eigenvalue weighted by Gasteiger charge is 2.48. The molecule has 0 aromatic carbocycles. The van der Waals surface area contributed by atoms with E-state index < -0.39 is 0 Å². The molecule has 0 radical (unpaired) electrons. The summed E-state index contributed by atoms with van der Waals surface area (Å²) < 4.78 is 0. The van der Waals surface area contributed by atoms with Crippen LogP contribution in [0.5, 0.6) is 0 Å². The molecular formula is C17H26N2. The van der Waals surface area contributed by atoms with Crippen molar-refractivity contribution in [3.63, 3.8) is 0 Å². The maximum Gasteiger partial charge on any atom is 0.132 e. The van der Waals surface area contributed by atoms with Gasteiger partial charge in [-0.1, -0.05) is 20.8 Å². The maximum absolute atomic E-state index is 4.84. The van der Waals surface area contributed by atoms with Crippen molar-refractivity contribution in [3.05, 3.63) is 23.4 Å². The molecule has 2 nitrogen and oxygen atoms in total. The van der Waals surface area contributed by atoms with Gasteiger partial charge in [-0.05, 0) is 61.6 Å². The van der Waals surface area contributed by atoms with Crippen molar-refractivity contribution in [3.8, 4) is 0 Å². The third-order valence-electron chi connectivity index (χ3n) is 4.57. The van der Waals surface area contributed by atoms with Crippen LogP contribution in [0.4, 0.5) is 5.82 Å². The van der Waals surface area contributed by atoms with Gasteiger partial charge in [0.25, 0.3) is 0 Å². The largest absolute Gasteiger partial charge is 0.351 e. The molecule has 1 aliphatic carbocycles. The van der Waals surface area contributed by atoms with Gasteiger partial charge in [-0.3, -0.25) is 0 Å². The van der Waals surface area contributed by atoms with Crippen LogP contribution in [0.3, 0.4) is 0 Å². The highest BCUT2D eigenvalue weighted by atomic mass is 15.3. The number of hydrogen-bond donors (Lipinski definition) is 0.